The third kappa shape index (κ3) is 3.76. The first-order valence-corrected chi connectivity index (χ1v) is 8.80. The molecule has 5 nitrogen and oxygen atoms in total. The Labute approximate surface area is 146 Å². The van der Waals surface area contributed by atoms with Gasteiger partial charge >= 0.3 is 0 Å². The van der Waals surface area contributed by atoms with Crippen LogP contribution in [0.1, 0.15) is 30.9 Å². The van der Waals surface area contributed by atoms with Gasteiger partial charge in [-0.2, -0.15) is 4.68 Å². The van der Waals surface area contributed by atoms with Crippen LogP contribution in [0.5, 0.6) is 5.75 Å². The van der Waals surface area contributed by atoms with E-state index in [1.54, 1.807) is 23.6 Å². The molecule has 0 aliphatic rings. The van der Waals surface area contributed by atoms with Crippen LogP contribution in [-0.4, -0.2) is 27.3 Å². The molecule has 0 fully saturated rings. The number of nitrogens with zero attached hydrogens (tertiary/aromatic N) is 4. The van der Waals surface area contributed by atoms with Gasteiger partial charge in [0, 0.05) is 5.75 Å². The van der Waals surface area contributed by atoms with Crippen molar-refractivity contribution < 1.29 is 4.74 Å². The lowest BCUT2D eigenvalue weighted by Crippen LogP contribution is -1.99. The van der Waals surface area contributed by atoms with Crippen LogP contribution in [0.4, 0.5) is 0 Å². The predicted molar refractivity (Wildman–Crippen MR) is 95.8 cm³/mol. The predicted octanol–water partition coefficient (Wildman–Crippen LogP) is 4.09. The Morgan fingerprint density at radius 3 is 2.38 bits per heavy atom. The summed E-state index contributed by atoms with van der Waals surface area (Å²) in [6, 6.07) is 16.4. The first kappa shape index (κ1) is 16.5. The summed E-state index contributed by atoms with van der Waals surface area (Å²) in [5.41, 5.74) is 3.53. The van der Waals surface area contributed by atoms with Gasteiger partial charge in [0.25, 0.3) is 0 Å². The maximum absolute atomic E-state index is 5.18. The molecule has 2 aromatic carbocycles. The molecule has 1 aromatic heterocycles. The zero-order chi connectivity index (χ0) is 16.9. The highest BCUT2D eigenvalue weighted by molar-refractivity contribution is 7.98. The third-order valence-electron chi connectivity index (χ3n) is 3.77. The maximum atomic E-state index is 5.18. The Kier molecular flexibility index (Phi) is 5.15. The second-order valence-corrected chi connectivity index (χ2v) is 6.70. The monoisotopic (exact) mass is 340 g/mol. The molecule has 0 radical (unpaired) electrons. The van der Waals surface area contributed by atoms with Crippen LogP contribution in [0.2, 0.25) is 0 Å². The number of aromatic nitrogens is 4. The average Bonchev–Trinajstić information content (AvgIpc) is 3.09. The SMILES string of the molecule is COc1ccc(-n2nnnc2SCc2ccc(C(C)C)cc2)cc1. The lowest BCUT2D eigenvalue weighted by Gasteiger charge is -2.07. The molecule has 1 heterocycles. The average molecular weight is 340 g/mol. The first-order chi connectivity index (χ1) is 11.7. The topological polar surface area (TPSA) is 52.8 Å². The van der Waals surface area contributed by atoms with Crippen molar-refractivity contribution in [1.29, 1.82) is 0 Å². The Morgan fingerprint density at radius 1 is 1.04 bits per heavy atom. The zero-order valence-corrected chi connectivity index (χ0v) is 14.8. The fourth-order valence-electron chi connectivity index (χ4n) is 2.30. The second kappa shape index (κ2) is 7.49. The van der Waals surface area contributed by atoms with Crippen molar-refractivity contribution >= 4 is 11.8 Å². The summed E-state index contributed by atoms with van der Waals surface area (Å²) in [5, 5.41) is 12.8. The molecule has 3 aromatic rings. The van der Waals surface area contributed by atoms with Crippen LogP contribution in [0.15, 0.2) is 53.7 Å². The van der Waals surface area contributed by atoms with Gasteiger partial charge in [0.1, 0.15) is 5.75 Å². The summed E-state index contributed by atoms with van der Waals surface area (Å²) in [5.74, 6) is 2.19. The van der Waals surface area contributed by atoms with E-state index in [-0.39, 0.29) is 0 Å². The molecule has 3 rings (SSSR count). The van der Waals surface area contributed by atoms with E-state index in [4.69, 9.17) is 4.74 Å². The van der Waals surface area contributed by atoms with E-state index in [1.165, 1.54) is 11.1 Å². The van der Waals surface area contributed by atoms with Crippen molar-refractivity contribution in [2.75, 3.05) is 7.11 Å². The molecule has 0 spiro atoms. The number of tetrazole rings is 1. The maximum Gasteiger partial charge on any atom is 0.214 e. The molecule has 6 heteroatoms. The molecule has 0 bridgehead atoms. The lowest BCUT2D eigenvalue weighted by atomic mass is 10.0. The van der Waals surface area contributed by atoms with Gasteiger partial charge in [-0.3, -0.25) is 0 Å². The molecule has 24 heavy (non-hydrogen) atoms. The van der Waals surface area contributed by atoms with Crippen molar-refractivity contribution in [1.82, 2.24) is 20.2 Å². The molecule has 0 amide bonds. The number of hydrogen-bond donors (Lipinski definition) is 0. The van der Waals surface area contributed by atoms with Gasteiger partial charge < -0.3 is 4.74 Å². The van der Waals surface area contributed by atoms with Crippen LogP contribution in [0.25, 0.3) is 5.69 Å². The van der Waals surface area contributed by atoms with Gasteiger partial charge in [-0.05, 0) is 51.7 Å². The molecule has 0 unspecified atom stereocenters. The van der Waals surface area contributed by atoms with Crippen LogP contribution in [0, 0.1) is 0 Å². The molecule has 0 atom stereocenters. The van der Waals surface area contributed by atoms with E-state index in [2.05, 4.69) is 53.6 Å². The van der Waals surface area contributed by atoms with E-state index in [1.807, 2.05) is 24.3 Å². The summed E-state index contributed by atoms with van der Waals surface area (Å²) < 4.78 is 6.92. The fraction of sp³-hybridized carbons (Fsp3) is 0.278. The number of benzene rings is 2. The summed E-state index contributed by atoms with van der Waals surface area (Å²) in [6.07, 6.45) is 0. The van der Waals surface area contributed by atoms with Crippen molar-refractivity contribution in [3.8, 4) is 11.4 Å². The summed E-state index contributed by atoms with van der Waals surface area (Å²) >= 11 is 1.62. The summed E-state index contributed by atoms with van der Waals surface area (Å²) in [6.45, 7) is 4.40. The largest absolute Gasteiger partial charge is 0.497 e. The van der Waals surface area contributed by atoms with Crippen LogP contribution in [0.3, 0.4) is 0 Å². The minimum atomic E-state index is 0.550. The second-order valence-electron chi connectivity index (χ2n) is 5.76. The minimum Gasteiger partial charge on any atom is -0.497 e. The highest BCUT2D eigenvalue weighted by atomic mass is 32.2. The number of hydrogen-bond acceptors (Lipinski definition) is 5. The number of thioether (sulfide) groups is 1. The normalized spacial score (nSPS) is 11.0. The van der Waals surface area contributed by atoms with Crippen molar-refractivity contribution in [3.05, 3.63) is 59.7 Å². The van der Waals surface area contributed by atoms with Gasteiger partial charge in [0.05, 0.1) is 12.8 Å². The van der Waals surface area contributed by atoms with Crippen molar-refractivity contribution in [2.45, 2.75) is 30.7 Å². The van der Waals surface area contributed by atoms with Gasteiger partial charge in [-0.15, -0.1) is 5.10 Å². The minimum absolute atomic E-state index is 0.550. The Balaban J connectivity index is 1.71. The lowest BCUT2D eigenvalue weighted by molar-refractivity contribution is 0.414. The van der Waals surface area contributed by atoms with Crippen LogP contribution in [-0.2, 0) is 5.75 Å². The molecule has 0 saturated heterocycles. The smallest absolute Gasteiger partial charge is 0.214 e. The molecule has 124 valence electrons. The molecule has 0 aliphatic carbocycles. The first-order valence-electron chi connectivity index (χ1n) is 7.82. The quantitative estimate of drug-likeness (QED) is 0.633. The zero-order valence-electron chi connectivity index (χ0n) is 14.0. The third-order valence-corrected chi connectivity index (χ3v) is 4.76. The highest BCUT2D eigenvalue weighted by Crippen LogP contribution is 2.24. The van der Waals surface area contributed by atoms with Crippen molar-refractivity contribution in [2.24, 2.45) is 0 Å². The van der Waals surface area contributed by atoms with Gasteiger partial charge in [-0.25, -0.2) is 0 Å². The molecular weight excluding hydrogens is 320 g/mol. The number of ether oxygens (including phenoxy) is 1. The van der Waals surface area contributed by atoms with Crippen molar-refractivity contribution in [3.63, 3.8) is 0 Å². The standard InChI is InChI=1S/C18H20N4OS/c1-13(2)15-6-4-14(5-7-15)12-24-18-19-20-21-22(18)16-8-10-17(23-3)11-9-16/h4-11,13H,12H2,1-3H3. The Bertz CT molecular complexity index is 782. The fourth-order valence-corrected chi connectivity index (χ4v) is 3.15. The highest BCUT2D eigenvalue weighted by Gasteiger charge is 2.09. The Hall–Kier alpha value is -2.34. The van der Waals surface area contributed by atoms with Gasteiger partial charge in [0.15, 0.2) is 0 Å². The molecule has 0 aliphatic heterocycles. The van der Waals surface area contributed by atoms with E-state index < -0.39 is 0 Å². The van der Waals surface area contributed by atoms with E-state index in [9.17, 15) is 0 Å². The van der Waals surface area contributed by atoms with E-state index >= 15 is 0 Å². The molecule has 0 saturated carbocycles. The van der Waals surface area contributed by atoms with Gasteiger partial charge in [0.2, 0.25) is 5.16 Å². The Morgan fingerprint density at radius 2 is 1.75 bits per heavy atom. The van der Waals surface area contributed by atoms with E-state index in [0.29, 0.717) is 5.92 Å². The van der Waals surface area contributed by atoms with Gasteiger partial charge in [-0.1, -0.05) is 49.9 Å². The van der Waals surface area contributed by atoms with E-state index in [0.717, 1.165) is 22.3 Å². The number of methoxy groups -OCH3 is 1. The van der Waals surface area contributed by atoms with Crippen LogP contribution < -0.4 is 4.74 Å². The number of rotatable bonds is 6. The van der Waals surface area contributed by atoms with Crippen LogP contribution >= 0.6 is 11.8 Å². The summed E-state index contributed by atoms with van der Waals surface area (Å²) in [7, 11) is 1.65. The summed E-state index contributed by atoms with van der Waals surface area (Å²) in [4.78, 5) is 0. The molecule has 0 N–H and O–H groups in total. The molecular formula is C18H20N4OS.